The molecule has 0 bridgehead atoms. The number of halogens is 1. The topological polar surface area (TPSA) is 32.9 Å². The van der Waals surface area contributed by atoms with E-state index in [1.807, 2.05) is 18.2 Å². The zero-order chi connectivity index (χ0) is 12.3. The number of aromatic nitrogens is 1. The van der Waals surface area contributed by atoms with Crippen LogP contribution in [0.4, 0.5) is 0 Å². The molecular weight excluding hydrogens is 234 g/mol. The molecule has 17 heavy (non-hydrogen) atoms. The molecule has 2 aromatic rings. The van der Waals surface area contributed by atoms with Gasteiger partial charge in [-0.1, -0.05) is 31.5 Å². The quantitative estimate of drug-likeness (QED) is 0.792. The molecule has 0 fully saturated rings. The Hall–Kier alpha value is -1.28. The van der Waals surface area contributed by atoms with Crippen molar-refractivity contribution in [1.29, 1.82) is 0 Å². The normalized spacial score (nSPS) is 12.8. The lowest BCUT2D eigenvalue weighted by atomic mass is 9.97. The molecule has 0 saturated carbocycles. The van der Waals surface area contributed by atoms with Gasteiger partial charge in [-0.05, 0) is 35.5 Å². The molecule has 90 valence electrons. The van der Waals surface area contributed by atoms with Gasteiger partial charge in [0.1, 0.15) is 0 Å². The van der Waals surface area contributed by atoms with Crippen LogP contribution in [-0.4, -0.2) is 10.2 Å². The van der Waals surface area contributed by atoms with Crippen LogP contribution >= 0.6 is 11.6 Å². The monoisotopic (exact) mass is 249 g/mol. The molecule has 2 nitrogen and oxygen atoms in total. The van der Waals surface area contributed by atoms with E-state index in [0.717, 1.165) is 24.1 Å². The average molecular weight is 250 g/mol. The Labute approximate surface area is 106 Å². The molecule has 1 aromatic carbocycles. The number of carbonyl (C=O) groups excluding carboxylic acids is 1. The van der Waals surface area contributed by atoms with Gasteiger partial charge in [0.15, 0.2) is 0 Å². The van der Waals surface area contributed by atoms with Crippen LogP contribution in [0.25, 0.3) is 10.9 Å². The van der Waals surface area contributed by atoms with Crippen molar-refractivity contribution in [2.24, 2.45) is 0 Å². The van der Waals surface area contributed by atoms with Gasteiger partial charge in [0.05, 0.1) is 0 Å². The summed E-state index contributed by atoms with van der Waals surface area (Å²) in [6, 6.07) is 10.3. The second-order valence-electron chi connectivity index (χ2n) is 4.36. The van der Waals surface area contributed by atoms with E-state index in [4.69, 9.17) is 11.6 Å². The van der Waals surface area contributed by atoms with Crippen molar-refractivity contribution < 1.29 is 4.79 Å². The molecule has 1 atom stereocenters. The van der Waals surface area contributed by atoms with Crippen molar-refractivity contribution in [3.63, 3.8) is 0 Å². The largest absolute Gasteiger partial charge is 0.358 e. The van der Waals surface area contributed by atoms with E-state index >= 15 is 0 Å². The third-order valence-corrected chi connectivity index (χ3v) is 3.19. The first-order valence-electron chi connectivity index (χ1n) is 5.96. The van der Waals surface area contributed by atoms with E-state index in [9.17, 15) is 4.79 Å². The Morgan fingerprint density at radius 3 is 2.82 bits per heavy atom. The van der Waals surface area contributed by atoms with Gasteiger partial charge in [-0.15, -0.1) is 0 Å². The van der Waals surface area contributed by atoms with Crippen LogP contribution in [0.3, 0.4) is 0 Å². The predicted molar refractivity (Wildman–Crippen MR) is 71.4 cm³/mol. The lowest BCUT2D eigenvalue weighted by Crippen LogP contribution is -2.03. The van der Waals surface area contributed by atoms with Gasteiger partial charge in [0.25, 0.3) is 0 Å². The number of carbonyl (C=O) groups is 1. The predicted octanol–water partition coefficient (Wildman–Crippen LogP) is 4.21. The third kappa shape index (κ3) is 2.89. The van der Waals surface area contributed by atoms with Crippen molar-refractivity contribution in [3.8, 4) is 0 Å². The molecule has 1 aromatic heterocycles. The maximum absolute atomic E-state index is 11.1. The number of benzene rings is 1. The van der Waals surface area contributed by atoms with Crippen molar-refractivity contribution in [3.05, 3.63) is 36.0 Å². The van der Waals surface area contributed by atoms with Gasteiger partial charge < -0.3 is 4.98 Å². The first kappa shape index (κ1) is 12.2. The smallest absolute Gasteiger partial charge is 0.222 e. The maximum Gasteiger partial charge on any atom is 0.222 e. The summed E-state index contributed by atoms with van der Waals surface area (Å²) in [5.41, 5.74) is 2.23. The molecular formula is C14H16ClNO. The van der Waals surface area contributed by atoms with Crippen LogP contribution in [0.5, 0.6) is 0 Å². The van der Waals surface area contributed by atoms with Gasteiger partial charge in [-0.2, -0.15) is 0 Å². The number of hydrogen-bond acceptors (Lipinski definition) is 1. The summed E-state index contributed by atoms with van der Waals surface area (Å²) in [5.74, 6) is 0.206. The standard InChI is InChI=1S/C14H16ClNO/c1-2-5-10(9-14(15)17)13-8-11-6-3-4-7-12(11)16-13/h3-4,6-8,10,16H,2,5,9H2,1H3. The fourth-order valence-corrected chi connectivity index (χ4v) is 2.41. The molecule has 3 heteroatoms. The van der Waals surface area contributed by atoms with Gasteiger partial charge in [-0.3, -0.25) is 4.79 Å². The molecule has 0 radical (unpaired) electrons. The summed E-state index contributed by atoms with van der Waals surface area (Å²) in [6.45, 7) is 2.12. The number of fused-ring (bicyclic) bond motifs is 1. The Balaban J connectivity index is 2.31. The highest BCUT2D eigenvalue weighted by Gasteiger charge is 2.16. The van der Waals surface area contributed by atoms with Crippen LogP contribution in [0.2, 0.25) is 0 Å². The van der Waals surface area contributed by atoms with Crippen LogP contribution in [0.15, 0.2) is 30.3 Å². The minimum atomic E-state index is -0.262. The highest BCUT2D eigenvalue weighted by Crippen LogP contribution is 2.28. The second kappa shape index (κ2) is 5.37. The third-order valence-electron chi connectivity index (χ3n) is 3.03. The van der Waals surface area contributed by atoms with Crippen LogP contribution in [0, 0.1) is 0 Å². The van der Waals surface area contributed by atoms with Crippen molar-refractivity contribution in [2.45, 2.75) is 32.1 Å². The summed E-state index contributed by atoms with van der Waals surface area (Å²) in [4.78, 5) is 14.4. The van der Waals surface area contributed by atoms with Crippen LogP contribution in [-0.2, 0) is 4.79 Å². The van der Waals surface area contributed by atoms with Crippen molar-refractivity contribution in [1.82, 2.24) is 4.98 Å². The Morgan fingerprint density at radius 2 is 2.18 bits per heavy atom. The van der Waals surface area contributed by atoms with E-state index in [-0.39, 0.29) is 11.2 Å². The van der Waals surface area contributed by atoms with E-state index in [0.29, 0.717) is 6.42 Å². The molecule has 0 amide bonds. The maximum atomic E-state index is 11.1. The summed E-state index contributed by atoms with van der Waals surface area (Å²) in [6.07, 6.45) is 2.43. The zero-order valence-corrected chi connectivity index (χ0v) is 10.6. The Kier molecular flexibility index (Phi) is 3.85. The van der Waals surface area contributed by atoms with Gasteiger partial charge in [0, 0.05) is 23.5 Å². The molecule has 0 aliphatic heterocycles. The van der Waals surface area contributed by atoms with Gasteiger partial charge in [-0.25, -0.2) is 0 Å². The summed E-state index contributed by atoms with van der Waals surface area (Å²) in [7, 11) is 0. The highest BCUT2D eigenvalue weighted by atomic mass is 35.5. The molecule has 0 aliphatic carbocycles. The summed E-state index contributed by atoms with van der Waals surface area (Å²) < 4.78 is 0. The highest BCUT2D eigenvalue weighted by molar-refractivity contribution is 6.63. The molecule has 1 N–H and O–H groups in total. The zero-order valence-electron chi connectivity index (χ0n) is 9.87. The van der Waals surface area contributed by atoms with E-state index < -0.39 is 0 Å². The lowest BCUT2D eigenvalue weighted by molar-refractivity contribution is -0.112. The lowest BCUT2D eigenvalue weighted by Gasteiger charge is -2.11. The minimum absolute atomic E-state index is 0.206. The van der Waals surface area contributed by atoms with E-state index in [1.165, 1.54) is 5.39 Å². The van der Waals surface area contributed by atoms with Crippen molar-refractivity contribution in [2.75, 3.05) is 0 Å². The van der Waals surface area contributed by atoms with E-state index in [1.54, 1.807) is 0 Å². The molecule has 1 unspecified atom stereocenters. The van der Waals surface area contributed by atoms with Crippen molar-refractivity contribution >= 4 is 27.7 Å². The number of aromatic amines is 1. The number of rotatable bonds is 5. The minimum Gasteiger partial charge on any atom is -0.358 e. The molecule has 1 heterocycles. The van der Waals surface area contributed by atoms with Crippen LogP contribution < -0.4 is 0 Å². The first-order valence-corrected chi connectivity index (χ1v) is 6.34. The summed E-state index contributed by atoms with van der Waals surface area (Å²) >= 11 is 5.50. The number of nitrogens with one attached hydrogen (secondary N) is 1. The fraction of sp³-hybridized carbons (Fsp3) is 0.357. The molecule has 0 saturated heterocycles. The summed E-state index contributed by atoms with van der Waals surface area (Å²) in [5, 5.41) is 0.924. The molecule has 2 rings (SSSR count). The van der Waals surface area contributed by atoms with E-state index in [2.05, 4.69) is 24.0 Å². The Bertz CT molecular complexity index is 485. The first-order chi connectivity index (χ1) is 8.20. The fourth-order valence-electron chi connectivity index (χ4n) is 2.23. The average Bonchev–Trinajstić information content (AvgIpc) is 2.71. The molecule has 0 spiro atoms. The molecule has 0 aliphatic rings. The van der Waals surface area contributed by atoms with Crippen LogP contribution in [0.1, 0.15) is 37.8 Å². The van der Waals surface area contributed by atoms with Gasteiger partial charge >= 0.3 is 0 Å². The number of H-pyrrole nitrogens is 1. The van der Waals surface area contributed by atoms with Gasteiger partial charge in [0.2, 0.25) is 5.24 Å². The SMILES string of the molecule is CCCC(CC(=O)Cl)c1cc2ccccc2[nH]1. The number of hydrogen-bond donors (Lipinski definition) is 1. The number of para-hydroxylation sites is 1. The second-order valence-corrected chi connectivity index (χ2v) is 4.78. The Morgan fingerprint density at radius 1 is 1.41 bits per heavy atom.